The van der Waals surface area contributed by atoms with E-state index in [-0.39, 0.29) is 12.0 Å². The van der Waals surface area contributed by atoms with Gasteiger partial charge in [-0.25, -0.2) is 4.98 Å². The zero-order valence-electron chi connectivity index (χ0n) is 11.8. The van der Waals surface area contributed by atoms with Crippen molar-refractivity contribution >= 4 is 11.7 Å². The lowest BCUT2D eigenvalue weighted by atomic mass is 10.2. The Morgan fingerprint density at radius 3 is 2.60 bits per heavy atom. The van der Waals surface area contributed by atoms with Gasteiger partial charge in [-0.2, -0.15) is 0 Å². The van der Waals surface area contributed by atoms with Gasteiger partial charge in [0.15, 0.2) is 5.82 Å². The molecule has 5 nitrogen and oxygen atoms in total. The largest absolute Gasteiger partial charge is 0.490 e. The number of aryl methyl sites for hydroxylation is 1. The van der Waals surface area contributed by atoms with E-state index in [1.54, 1.807) is 37.5 Å². The molecule has 0 fully saturated rings. The fourth-order valence-electron chi connectivity index (χ4n) is 1.72. The van der Waals surface area contributed by atoms with Gasteiger partial charge < -0.3 is 10.1 Å². The molecular formula is C15H17N3O2. The maximum atomic E-state index is 12.3. The summed E-state index contributed by atoms with van der Waals surface area (Å²) in [5.41, 5.74) is 1.15. The number of nitrogens with zero attached hydrogens (tertiary/aromatic N) is 2. The summed E-state index contributed by atoms with van der Waals surface area (Å²) in [4.78, 5) is 20.5. The molecule has 0 aliphatic heterocycles. The molecule has 0 bridgehead atoms. The van der Waals surface area contributed by atoms with Crippen LogP contribution in [0.15, 0.2) is 36.7 Å². The molecule has 2 rings (SSSR count). The van der Waals surface area contributed by atoms with Crippen molar-refractivity contribution < 1.29 is 9.53 Å². The fraction of sp³-hybridized carbons (Fsp3) is 0.267. The van der Waals surface area contributed by atoms with Crippen LogP contribution in [-0.2, 0) is 0 Å². The second-order valence-electron chi connectivity index (χ2n) is 4.61. The van der Waals surface area contributed by atoms with Crippen molar-refractivity contribution in [3.05, 3.63) is 47.9 Å². The molecule has 0 unspecified atom stereocenters. The maximum absolute atomic E-state index is 12.3. The Morgan fingerprint density at radius 2 is 1.90 bits per heavy atom. The fourth-order valence-corrected chi connectivity index (χ4v) is 1.72. The number of hydrogen-bond donors (Lipinski definition) is 1. The second-order valence-corrected chi connectivity index (χ2v) is 4.61. The molecular weight excluding hydrogens is 254 g/mol. The van der Waals surface area contributed by atoms with Crippen LogP contribution in [-0.4, -0.2) is 22.0 Å². The first-order valence-electron chi connectivity index (χ1n) is 6.42. The van der Waals surface area contributed by atoms with Gasteiger partial charge >= 0.3 is 0 Å². The van der Waals surface area contributed by atoms with Crippen LogP contribution in [0.5, 0.6) is 5.75 Å². The van der Waals surface area contributed by atoms with Crippen LogP contribution in [0, 0.1) is 6.92 Å². The summed E-state index contributed by atoms with van der Waals surface area (Å²) in [6.45, 7) is 5.63. The molecule has 0 aliphatic rings. The third-order valence-corrected chi connectivity index (χ3v) is 2.61. The van der Waals surface area contributed by atoms with E-state index in [2.05, 4.69) is 15.3 Å². The van der Waals surface area contributed by atoms with Gasteiger partial charge in [0, 0.05) is 12.4 Å². The van der Waals surface area contributed by atoms with Gasteiger partial charge in [-0.05, 0) is 32.9 Å². The minimum absolute atomic E-state index is 0.00204. The Labute approximate surface area is 118 Å². The Bertz CT molecular complexity index is 612. The summed E-state index contributed by atoms with van der Waals surface area (Å²) in [5, 5.41) is 2.75. The van der Waals surface area contributed by atoms with Crippen LogP contribution >= 0.6 is 0 Å². The number of anilines is 1. The van der Waals surface area contributed by atoms with E-state index in [0.717, 1.165) is 0 Å². The summed E-state index contributed by atoms with van der Waals surface area (Å²) < 4.78 is 5.64. The molecule has 20 heavy (non-hydrogen) atoms. The average Bonchev–Trinajstić information content (AvgIpc) is 2.41. The van der Waals surface area contributed by atoms with Crippen molar-refractivity contribution in [3.8, 4) is 5.75 Å². The molecule has 0 spiro atoms. The van der Waals surface area contributed by atoms with Crippen molar-refractivity contribution in [2.75, 3.05) is 5.32 Å². The highest BCUT2D eigenvalue weighted by Crippen LogP contribution is 2.20. The SMILES string of the molecule is Cc1nccnc1NC(=O)c1ccccc1OC(C)C. The van der Waals surface area contributed by atoms with Crippen LogP contribution in [0.3, 0.4) is 0 Å². The normalized spacial score (nSPS) is 10.4. The number of aromatic nitrogens is 2. The Kier molecular flexibility index (Phi) is 4.30. The van der Waals surface area contributed by atoms with E-state index in [1.165, 1.54) is 0 Å². The van der Waals surface area contributed by atoms with Crippen LogP contribution < -0.4 is 10.1 Å². The number of carbonyl (C=O) groups excluding carboxylic acids is 1. The molecule has 0 saturated heterocycles. The summed E-state index contributed by atoms with van der Waals surface area (Å²) in [6.07, 6.45) is 3.13. The monoisotopic (exact) mass is 271 g/mol. The minimum Gasteiger partial charge on any atom is -0.490 e. The smallest absolute Gasteiger partial charge is 0.260 e. The highest BCUT2D eigenvalue weighted by molar-refractivity contribution is 6.05. The lowest BCUT2D eigenvalue weighted by molar-refractivity contribution is 0.102. The van der Waals surface area contributed by atoms with E-state index >= 15 is 0 Å². The standard InChI is InChI=1S/C15H17N3O2/c1-10(2)20-13-7-5-4-6-12(13)15(19)18-14-11(3)16-8-9-17-14/h4-10H,1-3H3,(H,17,18,19). The van der Waals surface area contributed by atoms with Crippen LogP contribution in [0.2, 0.25) is 0 Å². The van der Waals surface area contributed by atoms with Crippen LogP contribution in [0.25, 0.3) is 0 Å². The molecule has 1 aromatic carbocycles. The van der Waals surface area contributed by atoms with Crippen molar-refractivity contribution in [1.29, 1.82) is 0 Å². The molecule has 0 radical (unpaired) electrons. The Hall–Kier alpha value is -2.43. The summed E-state index contributed by atoms with van der Waals surface area (Å²) in [7, 11) is 0. The topological polar surface area (TPSA) is 64.1 Å². The predicted octanol–water partition coefficient (Wildman–Crippen LogP) is 2.82. The number of para-hydroxylation sites is 1. The number of ether oxygens (including phenoxy) is 1. The van der Waals surface area contributed by atoms with E-state index in [4.69, 9.17) is 4.74 Å². The maximum Gasteiger partial charge on any atom is 0.260 e. The zero-order valence-corrected chi connectivity index (χ0v) is 11.8. The molecule has 0 aliphatic carbocycles. The third kappa shape index (κ3) is 3.32. The highest BCUT2D eigenvalue weighted by Gasteiger charge is 2.14. The van der Waals surface area contributed by atoms with Gasteiger partial charge in [-0.1, -0.05) is 12.1 Å². The summed E-state index contributed by atoms with van der Waals surface area (Å²) in [6, 6.07) is 7.13. The molecule has 1 aromatic heterocycles. The van der Waals surface area contributed by atoms with Gasteiger partial charge in [-0.3, -0.25) is 9.78 Å². The number of carbonyl (C=O) groups is 1. The zero-order chi connectivity index (χ0) is 14.5. The number of amides is 1. The van der Waals surface area contributed by atoms with E-state index in [9.17, 15) is 4.79 Å². The van der Waals surface area contributed by atoms with Gasteiger partial charge in [0.2, 0.25) is 0 Å². The third-order valence-electron chi connectivity index (χ3n) is 2.61. The van der Waals surface area contributed by atoms with Crippen molar-refractivity contribution in [3.63, 3.8) is 0 Å². The van der Waals surface area contributed by atoms with Gasteiger partial charge in [0.05, 0.1) is 17.4 Å². The van der Waals surface area contributed by atoms with E-state index in [1.807, 2.05) is 19.9 Å². The van der Waals surface area contributed by atoms with Crippen molar-refractivity contribution in [2.45, 2.75) is 26.9 Å². The van der Waals surface area contributed by atoms with Gasteiger partial charge in [-0.15, -0.1) is 0 Å². The summed E-state index contributed by atoms with van der Waals surface area (Å²) in [5.74, 6) is 0.753. The van der Waals surface area contributed by atoms with Gasteiger partial charge in [0.25, 0.3) is 5.91 Å². The highest BCUT2D eigenvalue weighted by atomic mass is 16.5. The predicted molar refractivity (Wildman–Crippen MR) is 76.9 cm³/mol. The Morgan fingerprint density at radius 1 is 1.20 bits per heavy atom. The molecule has 1 N–H and O–H groups in total. The second kappa shape index (κ2) is 6.14. The van der Waals surface area contributed by atoms with Crippen LogP contribution in [0.1, 0.15) is 29.9 Å². The number of benzene rings is 1. The molecule has 104 valence electrons. The Balaban J connectivity index is 2.23. The first-order chi connectivity index (χ1) is 9.58. The number of hydrogen-bond acceptors (Lipinski definition) is 4. The first kappa shape index (κ1) is 14.0. The molecule has 5 heteroatoms. The lowest BCUT2D eigenvalue weighted by Gasteiger charge is -2.14. The summed E-state index contributed by atoms with van der Waals surface area (Å²) >= 11 is 0. The minimum atomic E-state index is -0.259. The molecule has 0 saturated carbocycles. The molecule has 0 atom stereocenters. The van der Waals surface area contributed by atoms with Gasteiger partial charge in [0.1, 0.15) is 5.75 Å². The quantitative estimate of drug-likeness (QED) is 0.928. The van der Waals surface area contributed by atoms with E-state index in [0.29, 0.717) is 22.8 Å². The molecule has 1 amide bonds. The van der Waals surface area contributed by atoms with E-state index < -0.39 is 0 Å². The van der Waals surface area contributed by atoms with Crippen LogP contribution in [0.4, 0.5) is 5.82 Å². The number of nitrogens with one attached hydrogen (secondary N) is 1. The average molecular weight is 271 g/mol. The molecule has 2 aromatic rings. The lowest BCUT2D eigenvalue weighted by Crippen LogP contribution is -2.17. The first-order valence-corrected chi connectivity index (χ1v) is 6.42. The molecule has 1 heterocycles. The van der Waals surface area contributed by atoms with Crippen molar-refractivity contribution in [2.24, 2.45) is 0 Å². The number of rotatable bonds is 4. The van der Waals surface area contributed by atoms with Crippen molar-refractivity contribution in [1.82, 2.24) is 9.97 Å².